The number of amides is 2. The minimum Gasteiger partial charge on any atom is -0.488 e. The quantitative estimate of drug-likeness (QED) is 0.163. The molecule has 11 heteroatoms. The molecule has 0 aromatic heterocycles. The van der Waals surface area contributed by atoms with Crippen LogP contribution in [0.3, 0.4) is 0 Å². The summed E-state index contributed by atoms with van der Waals surface area (Å²) < 4.78 is 6.66. The molecule has 0 fully saturated rings. The van der Waals surface area contributed by atoms with E-state index in [1.807, 2.05) is 6.07 Å². The average Bonchev–Trinajstić information content (AvgIpc) is 2.76. The van der Waals surface area contributed by atoms with Crippen molar-refractivity contribution in [1.29, 1.82) is 0 Å². The smallest absolute Gasteiger partial charge is 0.249 e. The topological polar surface area (TPSA) is 79.8 Å². The number of nitrogens with one attached hydrogen (secondary N) is 2. The third-order valence-corrected chi connectivity index (χ3v) is 6.11. The van der Waals surface area contributed by atoms with Crippen molar-refractivity contribution in [2.24, 2.45) is 5.10 Å². The van der Waals surface area contributed by atoms with Crippen molar-refractivity contribution in [1.82, 2.24) is 5.43 Å². The second-order valence-corrected chi connectivity index (χ2v) is 9.43. The fraction of sp³-hybridized carbons (Fsp3) is 0.0870. The van der Waals surface area contributed by atoms with Gasteiger partial charge in [0.05, 0.1) is 16.3 Å². The van der Waals surface area contributed by atoms with Gasteiger partial charge < -0.3 is 10.1 Å². The zero-order valence-corrected chi connectivity index (χ0v) is 21.9. The highest BCUT2D eigenvalue weighted by Gasteiger charge is 2.11. The predicted octanol–water partition coefficient (Wildman–Crippen LogP) is 7.12. The van der Waals surface area contributed by atoms with Gasteiger partial charge in [-0.3, -0.25) is 9.59 Å². The highest BCUT2D eigenvalue weighted by molar-refractivity contribution is 9.10. The van der Waals surface area contributed by atoms with Gasteiger partial charge in [-0.25, -0.2) is 5.43 Å². The molecule has 0 aliphatic rings. The minimum atomic E-state index is -0.598. The maximum Gasteiger partial charge on any atom is 0.249 e. The lowest BCUT2D eigenvalue weighted by Crippen LogP contribution is -2.24. The van der Waals surface area contributed by atoms with Crippen molar-refractivity contribution in [3.05, 3.63) is 90.3 Å². The summed E-state index contributed by atoms with van der Waals surface area (Å²) >= 11 is 27.3. The Balaban J connectivity index is 1.57. The van der Waals surface area contributed by atoms with E-state index in [-0.39, 0.29) is 6.61 Å². The molecule has 3 rings (SSSR count). The highest BCUT2D eigenvalue weighted by Crippen LogP contribution is 2.26. The number of hydrogen-bond acceptors (Lipinski definition) is 4. The summed E-state index contributed by atoms with van der Waals surface area (Å²) in [5.74, 6) is -0.610. The lowest BCUT2D eigenvalue weighted by Gasteiger charge is -2.11. The molecule has 34 heavy (non-hydrogen) atoms. The molecular weight excluding hydrogens is 588 g/mol. The maximum atomic E-state index is 12.1. The SMILES string of the molecule is O=C(CC(=O)Nc1ccc(Cl)c(Cl)c1)NN=Cc1cc(Br)ccc1OCc1ccc(Cl)cc1Cl. The van der Waals surface area contributed by atoms with E-state index in [0.717, 1.165) is 10.0 Å². The van der Waals surface area contributed by atoms with E-state index < -0.39 is 18.2 Å². The number of anilines is 1. The molecule has 3 aromatic carbocycles. The minimum absolute atomic E-state index is 0.208. The van der Waals surface area contributed by atoms with E-state index in [0.29, 0.717) is 37.1 Å². The van der Waals surface area contributed by atoms with Crippen molar-refractivity contribution < 1.29 is 14.3 Å². The van der Waals surface area contributed by atoms with Crippen LogP contribution in [-0.4, -0.2) is 18.0 Å². The average molecular weight is 604 g/mol. The Morgan fingerprint density at radius 2 is 1.71 bits per heavy atom. The van der Waals surface area contributed by atoms with Crippen LogP contribution in [0.1, 0.15) is 17.5 Å². The Labute approximate surface area is 224 Å². The fourth-order valence-corrected chi connectivity index (χ4v) is 3.82. The molecule has 3 aromatic rings. The summed E-state index contributed by atoms with van der Waals surface area (Å²) in [6.07, 6.45) is 0.979. The molecule has 2 amide bonds. The van der Waals surface area contributed by atoms with Crippen LogP contribution in [0.5, 0.6) is 5.75 Å². The Kier molecular flexibility index (Phi) is 9.62. The summed E-state index contributed by atoms with van der Waals surface area (Å²) in [6.45, 7) is 0.208. The third-order valence-electron chi connectivity index (χ3n) is 4.29. The number of halogens is 5. The summed E-state index contributed by atoms with van der Waals surface area (Å²) in [5, 5.41) is 8.17. The number of hydrazone groups is 1. The second kappa shape index (κ2) is 12.4. The van der Waals surface area contributed by atoms with Gasteiger partial charge in [0.1, 0.15) is 18.8 Å². The maximum absolute atomic E-state index is 12.1. The number of hydrogen-bond donors (Lipinski definition) is 2. The normalized spacial score (nSPS) is 10.9. The van der Waals surface area contributed by atoms with Gasteiger partial charge in [-0.1, -0.05) is 68.4 Å². The first-order chi connectivity index (χ1) is 16.2. The Morgan fingerprint density at radius 1 is 0.912 bits per heavy atom. The molecule has 0 saturated carbocycles. The van der Waals surface area contributed by atoms with Gasteiger partial charge in [0, 0.05) is 31.3 Å². The van der Waals surface area contributed by atoms with Gasteiger partial charge in [0.15, 0.2) is 0 Å². The van der Waals surface area contributed by atoms with Crippen LogP contribution in [0.25, 0.3) is 0 Å². The first-order valence-electron chi connectivity index (χ1n) is 9.64. The molecule has 176 valence electrons. The largest absolute Gasteiger partial charge is 0.488 e. The molecule has 0 bridgehead atoms. The molecule has 0 heterocycles. The van der Waals surface area contributed by atoms with E-state index in [1.54, 1.807) is 42.5 Å². The van der Waals surface area contributed by atoms with E-state index in [9.17, 15) is 9.59 Å². The van der Waals surface area contributed by atoms with Crippen molar-refractivity contribution in [3.8, 4) is 5.75 Å². The summed E-state index contributed by atoms with van der Waals surface area (Å²) in [5.41, 5.74) is 4.10. The lowest BCUT2D eigenvalue weighted by molar-refractivity contribution is -0.126. The lowest BCUT2D eigenvalue weighted by atomic mass is 10.2. The number of rotatable bonds is 8. The third kappa shape index (κ3) is 7.89. The number of carbonyl (C=O) groups excluding carboxylic acids is 2. The number of nitrogens with zero attached hydrogens (tertiary/aromatic N) is 1. The Hall–Kier alpha value is -2.29. The van der Waals surface area contributed by atoms with Crippen molar-refractivity contribution in [3.63, 3.8) is 0 Å². The molecular formula is C23H16BrCl4N3O3. The van der Waals surface area contributed by atoms with Gasteiger partial charge >= 0.3 is 0 Å². The molecule has 2 N–H and O–H groups in total. The number of carbonyl (C=O) groups is 2. The molecule has 0 saturated heterocycles. The molecule has 0 aliphatic heterocycles. The first kappa shape index (κ1) is 26.3. The van der Waals surface area contributed by atoms with Crippen molar-refractivity contribution >= 4 is 86.1 Å². The monoisotopic (exact) mass is 601 g/mol. The van der Waals surface area contributed by atoms with Gasteiger partial charge in [-0.15, -0.1) is 0 Å². The Morgan fingerprint density at radius 3 is 2.44 bits per heavy atom. The molecule has 0 spiro atoms. The van der Waals surface area contributed by atoms with Gasteiger partial charge in [0.2, 0.25) is 11.8 Å². The number of ether oxygens (including phenoxy) is 1. The molecule has 0 unspecified atom stereocenters. The van der Waals surface area contributed by atoms with Crippen LogP contribution in [-0.2, 0) is 16.2 Å². The van der Waals surface area contributed by atoms with Crippen LogP contribution in [0.4, 0.5) is 5.69 Å². The fourth-order valence-electron chi connectivity index (χ4n) is 2.68. The molecule has 0 aliphatic carbocycles. The number of benzene rings is 3. The Bertz CT molecular complexity index is 1250. The van der Waals surface area contributed by atoms with Crippen LogP contribution in [0.2, 0.25) is 20.1 Å². The molecule has 6 nitrogen and oxygen atoms in total. The standard InChI is InChI=1S/C23H16BrCl4N3O3/c24-15-2-6-21(34-12-13-1-3-16(25)8-19(13)27)14(7-15)11-29-31-23(33)10-22(32)30-17-4-5-18(26)20(28)9-17/h1-9,11H,10,12H2,(H,30,32)(H,31,33). The predicted molar refractivity (Wildman–Crippen MR) is 140 cm³/mol. The van der Waals surface area contributed by atoms with Crippen molar-refractivity contribution in [2.45, 2.75) is 13.0 Å². The van der Waals surface area contributed by atoms with Crippen LogP contribution in [0, 0.1) is 0 Å². The summed E-state index contributed by atoms with van der Waals surface area (Å²) in [7, 11) is 0. The van der Waals surface area contributed by atoms with E-state index in [1.165, 1.54) is 12.3 Å². The van der Waals surface area contributed by atoms with Gasteiger partial charge in [-0.05, 0) is 48.5 Å². The van der Waals surface area contributed by atoms with Gasteiger partial charge in [-0.2, -0.15) is 5.10 Å². The van der Waals surface area contributed by atoms with Crippen LogP contribution < -0.4 is 15.5 Å². The van der Waals surface area contributed by atoms with E-state index >= 15 is 0 Å². The summed E-state index contributed by atoms with van der Waals surface area (Å²) in [6, 6.07) is 15.1. The zero-order valence-electron chi connectivity index (χ0n) is 17.2. The first-order valence-corrected chi connectivity index (χ1v) is 11.9. The van der Waals surface area contributed by atoms with Crippen LogP contribution in [0.15, 0.2) is 64.2 Å². The van der Waals surface area contributed by atoms with Crippen molar-refractivity contribution in [2.75, 3.05) is 5.32 Å². The van der Waals surface area contributed by atoms with E-state index in [2.05, 4.69) is 31.8 Å². The van der Waals surface area contributed by atoms with Crippen LogP contribution >= 0.6 is 62.3 Å². The van der Waals surface area contributed by atoms with Gasteiger partial charge in [0.25, 0.3) is 0 Å². The highest BCUT2D eigenvalue weighted by atomic mass is 79.9. The molecule has 0 atom stereocenters. The zero-order chi connectivity index (χ0) is 24.7. The summed E-state index contributed by atoms with van der Waals surface area (Å²) in [4.78, 5) is 24.2. The molecule has 0 radical (unpaired) electrons. The van der Waals surface area contributed by atoms with E-state index in [4.69, 9.17) is 51.1 Å². The second-order valence-electron chi connectivity index (χ2n) is 6.85.